The minimum Gasteiger partial charge on any atom is -0.493 e. The molecule has 0 bridgehead atoms. The van der Waals surface area contributed by atoms with Gasteiger partial charge in [-0.1, -0.05) is 30.7 Å². The van der Waals surface area contributed by atoms with E-state index in [-0.39, 0.29) is 24.0 Å². The second-order valence-electron chi connectivity index (χ2n) is 5.93. The van der Waals surface area contributed by atoms with E-state index < -0.39 is 0 Å². The zero-order chi connectivity index (χ0) is 19.5. The highest BCUT2D eigenvalue weighted by atomic mass is 127. The topological polar surface area (TPSA) is 67.8 Å². The minimum absolute atomic E-state index is 0. The third-order valence-corrected chi connectivity index (χ3v) is 4.09. The highest BCUT2D eigenvalue weighted by Gasteiger charge is 2.06. The van der Waals surface area contributed by atoms with Crippen LogP contribution in [0.2, 0.25) is 5.15 Å². The number of benzene rings is 1. The van der Waals surface area contributed by atoms with Gasteiger partial charge in [0.1, 0.15) is 5.15 Å². The molecule has 2 aromatic rings. The van der Waals surface area contributed by atoms with E-state index in [4.69, 9.17) is 21.1 Å². The summed E-state index contributed by atoms with van der Waals surface area (Å²) in [6.45, 7) is 4.13. The highest BCUT2D eigenvalue weighted by Crippen LogP contribution is 2.28. The van der Waals surface area contributed by atoms with Crippen LogP contribution in [0.5, 0.6) is 11.5 Å². The molecule has 1 heterocycles. The van der Waals surface area contributed by atoms with Gasteiger partial charge >= 0.3 is 0 Å². The van der Waals surface area contributed by atoms with Gasteiger partial charge in [-0.05, 0) is 42.2 Å². The van der Waals surface area contributed by atoms with Gasteiger partial charge < -0.3 is 20.1 Å². The Morgan fingerprint density at radius 1 is 1.14 bits per heavy atom. The maximum absolute atomic E-state index is 5.80. The molecule has 0 saturated carbocycles. The van der Waals surface area contributed by atoms with E-state index in [1.165, 1.54) is 0 Å². The molecule has 0 aliphatic heterocycles. The molecule has 28 heavy (non-hydrogen) atoms. The largest absolute Gasteiger partial charge is 0.493 e. The summed E-state index contributed by atoms with van der Waals surface area (Å²) in [5.74, 6) is 2.24. The van der Waals surface area contributed by atoms with Gasteiger partial charge in [-0.2, -0.15) is 0 Å². The van der Waals surface area contributed by atoms with E-state index in [0.29, 0.717) is 18.3 Å². The number of rotatable bonds is 9. The van der Waals surface area contributed by atoms with Crippen LogP contribution in [0, 0.1) is 0 Å². The summed E-state index contributed by atoms with van der Waals surface area (Å²) >= 11 is 5.80. The lowest BCUT2D eigenvalue weighted by molar-refractivity contribution is 0.294. The Morgan fingerprint density at radius 2 is 1.93 bits per heavy atom. The smallest absolute Gasteiger partial charge is 0.191 e. The number of aliphatic imine (C=N–C) groups is 1. The van der Waals surface area contributed by atoms with Crippen molar-refractivity contribution in [3.05, 3.63) is 52.8 Å². The Balaban J connectivity index is 0.00000392. The number of pyridine rings is 1. The zero-order valence-electron chi connectivity index (χ0n) is 16.5. The van der Waals surface area contributed by atoms with Crippen molar-refractivity contribution in [1.29, 1.82) is 0 Å². The summed E-state index contributed by atoms with van der Waals surface area (Å²) in [5, 5.41) is 7.10. The standard InChI is InChI=1S/C20H27ClN4O2.HI/c1-4-11-27-17-7-5-16(12-18(17)26-3)14-25-20(22-2)23-10-9-15-6-8-19(21)24-13-15;/h5-8,12-13H,4,9-11,14H2,1-3H3,(H2,22,23,25);1H. The van der Waals surface area contributed by atoms with Crippen molar-refractivity contribution < 1.29 is 9.47 Å². The number of hydrogen-bond acceptors (Lipinski definition) is 4. The molecule has 0 fully saturated rings. The average molecular weight is 519 g/mol. The van der Waals surface area contributed by atoms with Gasteiger partial charge in [0.2, 0.25) is 0 Å². The predicted molar refractivity (Wildman–Crippen MR) is 125 cm³/mol. The number of nitrogens with one attached hydrogen (secondary N) is 2. The van der Waals surface area contributed by atoms with Gasteiger partial charge in [0.15, 0.2) is 17.5 Å². The van der Waals surface area contributed by atoms with Crippen LogP contribution in [0.3, 0.4) is 0 Å². The lowest BCUT2D eigenvalue weighted by atomic mass is 10.2. The molecule has 2 rings (SSSR count). The first-order valence-corrected chi connectivity index (χ1v) is 9.38. The minimum atomic E-state index is 0. The molecular weight excluding hydrogens is 491 g/mol. The van der Waals surface area contributed by atoms with Gasteiger partial charge in [-0.15, -0.1) is 24.0 Å². The van der Waals surface area contributed by atoms with Crippen LogP contribution in [-0.4, -0.2) is 38.3 Å². The number of halogens is 2. The van der Waals surface area contributed by atoms with E-state index in [0.717, 1.165) is 48.0 Å². The van der Waals surface area contributed by atoms with Crippen LogP contribution in [-0.2, 0) is 13.0 Å². The van der Waals surface area contributed by atoms with Gasteiger partial charge in [0.25, 0.3) is 0 Å². The van der Waals surface area contributed by atoms with Crippen LogP contribution in [0.25, 0.3) is 0 Å². The quantitative estimate of drug-likeness (QED) is 0.227. The summed E-state index contributed by atoms with van der Waals surface area (Å²) in [6, 6.07) is 9.71. The van der Waals surface area contributed by atoms with Gasteiger partial charge in [0, 0.05) is 26.3 Å². The van der Waals surface area contributed by atoms with Crippen LogP contribution < -0.4 is 20.1 Å². The molecule has 2 N–H and O–H groups in total. The highest BCUT2D eigenvalue weighted by molar-refractivity contribution is 14.0. The summed E-state index contributed by atoms with van der Waals surface area (Å²) in [7, 11) is 3.40. The fourth-order valence-corrected chi connectivity index (χ4v) is 2.55. The molecule has 154 valence electrons. The first kappa shape index (κ1) is 24.3. The lowest BCUT2D eigenvalue weighted by Gasteiger charge is -2.14. The van der Waals surface area contributed by atoms with Crippen molar-refractivity contribution in [1.82, 2.24) is 15.6 Å². The maximum atomic E-state index is 5.80. The van der Waals surface area contributed by atoms with E-state index in [9.17, 15) is 0 Å². The second-order valence-corrected chi connectivity index (χ2v) is 6.31. The lowest BCUT2D eigenvalue weighted by Crippen LogP contribution is -2.37. The third-order valence-electron chi connectivity index (χ3n) is 3.87. The van der Waals surface area contributed by atoms with Crippen LogP contribution in [0.1, 0.15) is 24.5 Å². The molecule has 0 saturated heterocycles. The molecule has 0 radical (unpaired) electrons. The van der Waals surface area contributed by atoms with Crippen molar-refractivity contribution >= 4 is 41.5 Å². The molecule has 0 spiro atoms. The fourth-order valence-electron chi connectivity index (χ4n) is 2.44. The van der Waals surface area contributed by atoms with Crippen molar-refractivity contribution in [2.24, 2.45) is 4.99 Å². The number of nitrogens with zero attached hydrogens (tertiary/aromatic N) is 2. The summed E-state index contributed by atoms with van der Waals surface area (Å²) in [4.78, 5) is 8.34. The summed E-state index contributed by atoms with van der Waals surface area (Å²) in [6.07, 6.45) is 3.58. The maximum Gasteiger partial charge on any atom is 0.191 e. The average Bonchev–Trinajstić information content (AvgIpc) is 2.70. The monoisotopic (exact) mass is 518 g/mol. The van der Waals surface area contributed by atoms with Gasteiger partial charge in [-0.25, -0.2) is 4.98 Å². The molecule has 0 aliphatic rings. The molecule has 0 unspecified atom stereocenters. The Kier molecular flexibility index (Phi) is 11.7. The number of methoxy groups -OCH3 is 1. The second kappa shape index (κ2) is 13.4. The molecule has 0 aliphatic carbocycles. The first-order chi connectivity index (χ1) is 13.2. The summed E-state index contributed by atoms with van der Waals surface area (Å²) < 4.78 is 11.1. The number of ether oxygens (including phenoxy) is 2. The van der Waals surface area contributed by atoms with Crippen molar-refractivity contribution in [2.75, 3.05) is 27.3 Å². The molecule has 8 heteroatoms. The fraction of sp³-hybridized carbons (Fsp3) is 0.400. The molecule has 0 amide bonds. The van der Waals surface area contributed by atoms with Crippen LogP contribution in [0.4, 0.5) is 0 Å². The first-order valence-electron chi connectivity index (χ1n) is 9.01. The Bertz CT molecular complexity index is 741. The molecule has 1 aromatic heterocycles. The van der Waals surface area contributed by atoms with E-state index >= 15 is 0 Å². The van der Waals surface area contributed by atoms with E-state index in [2.05, 4.69) is 27.5 Å². The van der Waals surface area contributed by atoms with Crippen LogP contribution in [0.15, 0.2) is 41.5 Å². The molecule has 0 atom stereocenters. The van der Waals surface area contributed by atoms with E-state index in [1.807, 2.05) is 24.3 Å². The van der Waals surface area contributed by atoms with Gasteiger partial charge in [-0.3, -0.25) is 4.99 Å². The van der Waals surface area contributed by atoms with Crippen molar-refractivity contribution in [3.8, 4) is 11.5 Å². The normalized spacial score (nSPS) is 10.8. The number of hydrogen-bond donors (Lipinski definition) is 2. The van der Waals surface area contributed by atoms with Gasteiger partial charge in [0.05, 0.1) is 13.7 Å². The molecular formula is C20H28ClIN4O2. The Morgan fingerprint density at radius 3 is 2.57 bits per heavy atom. The third kappa shape index (κ3) is 8.10. The predicted octanol–water partition coefficient (Wildman–Crippen LogP) is 4.06. The van der Waals surface area contributed by atoms with Crippen molar-refractivity contribution in [2.45, 2.75) is 26.3 Å². The SMILES string of the molecule is CCCOc1ccc(CNC(=NC)NCCc2ccc(Cl)nc2)cc1OC.I. The Hall–Kier alpha value is -1.74. The van der Waals surface area contributed by atoms with E-state index in [1.54, 1.807) is 26.4 Å². The van der Waals surface area contributed by atoms with Crippen molar-refractivity contribution in [3.63, 3.8) is 0 Å². The zero-order valence-corrected chi connectivity index (χ0v) is 19.6. The number of guanidine groups is 1. The summed E-state index contributed by atoms with van der Waals surface area (Å²) in [5.41, 5.74) is 2.20. The van der Waals surface area contributed by atoms with Crippen LogP contribution >= 0.6 is 35.6 Å². The number of aromatic nitrogens is 1. The molecule has 6 nitrogen and oxygen atoms in total. The Labute approximate surface area is 189 Å². The molecule has 1 aromatic carbocycles.